The van der Waals surface area contributed by atoms with Crippen molar-refractivity contribution in [3.63, 3.8) is 0 Å². The molecule has 1 atom stereocenters. The first-order valence-electron chi connectivity index (χ1n) is 13.8. The van der Waals surface area contributed by atoms with E-state index in [0.717, 1.165) is 25.0 Å². The van der Waals surface area contributed by atoms with Crippen LogP contribution in [0.25, 0.3) is 12.8 Å². The smallest absolute Gasteiger partial charge is 0.310 e. The first kappa shape index (κ1) is 35.1. The molecule has 0 aromatic heterocycles. The number of carbonyl (C=O) groups excluding carboxylic acids is 2. The van der Waals surface area contributed by atoms with Crippen molar-refractivity contribution in [1.29, 1.82) is 0 Å². The van der Waals surface area contributed by atoms with Crippen molar-refractivity contribution in [3.8, 4) is 5.75 Å². The summed E-state index contributed by atoms with van der Waals surface area (Å²) in [6, 6.07) is 5.58. The van der Waals surface area contributed by atoms with Gasteiger partial charge in [-0.05, 0) is 67.7 Å². The van der Waals surface area contributed by atoms with Gasteiger partial charge >= 0.3 is 10.2 Å². The van der Waals surface area contributed by atoms with E-state index in [2.05, 4.69) is 18.8 Å². The molecular weight excluding hydrogens is 579 g/mol. The summed E-state index contributed by atoms with van der Waals surface area (Å²) < 4.78 is 75.7. The number of methoxy groups -OCH3 is 1. The average molecular weight is 621 g/mol. The molecule has 1 amide bonds. The maximum atomic E-state index is 13.0. The Morgan fingerprint density at radius 1 is 1.05 bits per heavy atom. The van der Waals surface area contributed by atoms with Gasteiger partial charge in [-0.3, -0.25) is 9.59 Å². The molecule has 2 aromatic carbocycles. The molecule has 1 unspecified atom stereocenters. The zero-order valence-electron chi connectivity index (χ0n) is 24.6. The van der Waals surface area contributed by atoms with E-state index >= 15 is 0 Å². The summed E-state index contributed by atoms with van der Waals surface area (Å²) in [5, 5.41) is 4.17. The molecule has 236 valence electrons. The van der Waals surface area contributed by atoms with Crippen molar-refractivity contribution in [3.05, 3.63) is 58.0 Å². The molecule has 42 heavy (non-hydrogen) atoms. The lowest BCUT2D eigenvalue weighted by atomic mass is 9.94. The number of halogens is 5. The summed E-state index contributed by atoms with van der Waals surface area (Å²) in [6.45, 7) is 9.69. The third-order valence-corrected chi connectivity index (χ3v) is 7.80. The van der Waals surface area contributed by atoms with E-state index in [-0.39, 0.29) is 35.9 Å². The maximum Gasteiger partial charge on any atom is 0.310 e. The summed E-state index contributed by atoms with van der Waals surface area (Å²) >= 11 is 0. The molecule has 0 saturated carbocycles. The largest absolute Gasteiger partial charge is 0.492 e. The number of hydrogen-bond donors (Lipinski definition) is 1. The normalized spacial score (nSPS) is 14.5. The molecule has 0 saturated heterocycles. The van der Waals surface area contributed by atoms with Crippen LogP contribution in [0.3, 0.4) is 0 Å². The Kier molecular flexibility index (Phi) is 11.6. The monoisotopic (exact) mass is 620 g/mol. The first-order valence-corrected chi connectivity index (χ1v) is 15.8. The van der Waals surface area contributed by atoms with Crippen molar-refractivity contribution in [1.82, 2.24) is 10.2 Å². The van der Waals surface area contributed by atoms with Crippen LogP contribution in [-0.2, 0) is 4.74 Å². The fraction of sp³-hybridized carbons (Fsp3) is 0.467. The molecule has 0 aliphatic heterocycles. The zero-order chi connectivity index (χ0) is 31.6. The lowest BCUT2D eigenvalue weighted by Gasteiger charge is -2.40. The van der Waals surface area contributed by atoms with Crippen molar-refractivity contribution >= 4 is 34.7 Å². The number of nitrogens with one attached hydrogen (secondary N) is 1. The summed E-state index contributed by atoms with van der Waals surface area (Å²) in [5.41, 5.74) is 0.355. The van der Waals surface area contributed by atoms with Crippen molar-refractivity contribution < 1.29 is 38.5 Å². The van der Waals surface area contributed by atoms with Gasteiger partial charge < -0.3 is 19.7 Å². The van der Waals surface area contributed by atoms with Gasteiger partial charge in [0.25, 0.3) is 5.91 Å². The van der Waals surface area contributed by atoms with Crippen LogP contribution >= 0.6 is 10.2 Å². The Labute approximate surface area is 244 Å². The van der Waals surface area contributed by atoms with Crippen LogP contribution in [0.1, 0.15) is 66.7 Å². The summed E-state index contributed by atoms with van der Waals surface area (Å²) in [5.74, 6) is -0.0588. The van der Waals surface area contributed by atoms with E-state index in [1.807, 2.05) is 25.1 Å². The molecule has 0 bridgehead atoms. The molecule has 6 nitrogen and oxygen atoms in total. The van der Waals surface area contributed by atoms with Crippen LogP contribution in [0.2, 0.25) is 0 Å². The van der Waals surface area contributed by atoms with E-state index in [1.165, 1.54) is 0 Å². The topological polar surface area (TPSA) is 67.9 Å². The second-order valence-electron chi connectivity index (χ2n) is 10.2. The van der Waals surface area contributed by atoms with E-state index in [0.29, 0.717) is 60.9 Å². The number of hydrogen-bond acceptors (Lipinski definition) is 5. The highest BCUT2D eigenvalue weighted by atomic mass is 32.5. The zero-order valence-corrected chi connectivity index (χ0v) is 25.4. The third-order valence-electron chi connectivity index (χ3n) is 6.64. The van der Waals surface area contributed by atoms with Crippen molar-refractivity contribution in [2.45, 2.75) is 50.8 Å². The Bertz CT molecular complexity index is 1340. The predicted octanol–water partition coefficient (Wildman–Crippen LogP) is 6.67. The van der Waals surface area contributed by atoms with Gasteiger partial charge in [0.2, 0.25) is 0 Å². The number of rotatable bonds is 17. The SMILES string of the molecule is C=c1ccc(C(=O)NCCOC)c(OCC)/c1=C/N(C)CC(CCC)CCCC(=O)c1ccc(S(F)(F)(F)(F)F)cc1. The number of nitrogens with zero attached hydrogens (tertiary/aromatic N) is 1. The maximum absolute atomic E-state index is 13.0. The minimum absolute atomic E-state index is 0.0318. The molecule has 0 radical (unpaired) electrons. The Morgan fingerprint density at radius 3 is 2.29 bits per heavy atom. The van der Waals surface area contributed by atoms with Gasteiger partial charge in [-0.1, -0.05) is 45.4 Å². The van der Waals surface area contributed by atoms with Gasteiger partial charge in [0, 0.05) is 50.6 Å². The van der Waals surface area contributed by atoms with Crippen LogP contribution in [0.4, 0.5) is 19.4 Å². The fourth-order valence-corrected chi connectivity index (χ4v) is 5.28. The Balaban J connectivity index is 2.13. The number of carbonyl (C=O) groups is 2. The average Bonchev–Trinajstić information content (AvgIpc) is 2.89. The highest BCUT2D eigenvalue weighted by Gasteiger charge is 2.65. The van der Waals surface area contributed by atoms with E-state index < -0.39 is 20.9 Å². The van der Waals surface area contributed by atoms with Crippen molar-refractivity contribution in [2.24, 2.45) is 5.92 Å². The highest BCUT2D eigenvalue weighted by molar-refractivity contribution is 8.45. The Hall–Kier alpha value is -3.12. The minimum Gasteiger partial charge on any atom is -0.492 e. The number of ketones is 1. The van der Waals surface area contributed by atoms with Crippen LogP contribution in [0, 0.1) is 5.92 Å². The predicted molar refractivity (Wildman–Crippen MR) is 158 cm³/mol. The van der Waals surface area contributed by atoms with Gasteiger partial charge in [0.05, 0.1) is 18.8 Å². The molecule has 0 aliphatic carbocycles. The van der Waals surface area contributed by atoms with E-state index in [4.69, 9.17) is 9.47 Å². The molecule has 0 fully saturated rings. The molecule has 1 N–H and O–H groups in total. The molecule has 2 aromatic rings. The van der Waals surface area contributed by atoms with Crippen LogP contribution < -0.4 is 20.5 Å². The standard InChI is InChI=1S/C30H41F5N2O4S/c1-6-9-23(10-8-11-28(38)24-13-15-25(16-14-24)42(31,32,33,34)35)20-37(4)21-27-22(3)12-17-26(29(27)41-7-2)30(39)36-18-19-40-5/h12-17,21,23H,3,6-11,18-20H2,1-2,4-5H3,(H,36,39)/b27-21+. The quantitative estimate of drug-likeness (QED) is 0.122. The van der Waals surface area contributed by atoms with Crippen LogP contribution in [0.5, 0.6) is 5.75 Å². The van der Waals surface area contributed by atoms with Gasteiger partial charge in [-0.25, -0.2) is 0 Å². The fourth-order valence-electron chi connectivity index (χ4n) is 4.63. The van der Waals surface area contributed by atoms with E-state index in [9.17, 15) is 29.0 Å². The minimum atomic E-state index is -9.78. The second-order valence-corrected chi connectivity index (χ2v) is 12.6. The first-order chi connectivity index (χ1) is 19.5. The van der Waals surface area contributed by atoms with Crippen LogP contribution in [0.15, 0.2) is 41.3 Å². The molecular formula is C30H41F5N2O4S. The lowest BCUT2D eigenvalue weighted by Crippen LogP contribution is -2.34. The molecule has 0 spiro atoms. The lowest BCUT2D eigenvalue weighted by molar-refractivity contribution is 0.0931. The van der Waals surface area contributed by atoms with Gasteiger partial charge in [-0.2, -0.15) is 0 Å². The number of ether oxygens (including phenoxy) is 2. The number of amides is 1. The number of Topliss-reactive ketones (excluding diaryl/α,β-unsaturated/α-hetero) is 1. The highest BCUT2D eigenvalue weighted by Crippen LogP contribution is 3.02. The van der Waals surface area contributed by atoms with Gasteiger partial charge in [0.15, 0.2) is 5.78 Å². The molecule has 0 heterocycles. The Morgan fingerprint density at radius 2 is 1.71 bits per heavy atom. The van der Waals surface area contributed by atoms with Gasteiger partial charge in [0.1, 0.15) is 10.6 Å². The summed E-state index contributed by atoms with van der Waals surface area (Å²) in [4.78, 5) is 25.3. The third kappa shape index (κ3) is 10.6. The number of benzene rings is 2. The van der Waals surface area contributed by atoms with Gasteiger partial charge in [-0.15, -0.1) is 0 Å². The van der Waals surface area contributed by atoms with Crippen LogP contribution in [-0.4, -0.2) is 57.1 Å². The second kappa shape index (κ2) is 13.9. The molecule has 0 aliphatic rings. The van der Waals surface area contributed by atoms with Crippen molar-refractivity contribution in [2.75, 3.05) is 40.5 Å². The molecule has 2 rings (SSSR count). The molecule has 12 heteroatoms. The summed E-state index contributed by atoms with van der Waals surface area (Å²) in [6.07, 6.45) is 4.92. The van der Waals surface area contributed by atoms with E-state index in [1.54, 1.807) is 19.2 Å². The summed E-state index contributed by atoms with van der Waals surface area (Å²) in [7, 11) is -6.33.